The van der Waals surface area contributed by atoms with Gasteiger partial charge in [0.2, 0.25) is 0 Å². The Kier molecular flexibility index (Phi) is 7.04. The van der Waals surface area contributed by atoms with Crippen LogP contribution in [0.1, 0.15) is 0 Å². The highest BCUT2D eigenvalue weighted by Gasteiger charge is 2.23. The first-order chi connectivity index (χ1) is 26.8. The van der Waals surface area contributed by atoms with Crippen LogP contribution in [0.2, 0.25) is 0 Å². The van der Waals surface area contributed by atoms with Gasteiger partial charge in [0.25, 0.3) is 0 Å². The zero-order valence-corrected chi connectivity index (χ0v) is 30.0. The molecule has 0 amide bonds. The molecular weight excluding hydrogens is 675 g/mol. The van der Waals surface area contributed by atoms with E-state index in [0.717, 1.165) is 11.1 Å². The van der Waals surface area contributed by atoms with Crippen molar-refractivity contribution in [2.75, 3.05) is 0 Å². The molecule has 0 atom stereocenters. The number of hydrogen-bond donors (Lipinski definition) is 0. The molecule has 0 aliphatic rings. The molecule has 8 aromatic carbocycles. The van der Waals surface area contributed by atoms with Crippen LogP contribution in [0.15, 0.2) is 189 Å². The largest absolute Gasteiger partial charge is 0.309 e. The van der Waals surface area contributed by atoms with Crippen LogP contribution < -0.4 is 0 Å². The van der Waals surface area contributed by atoms with Gasteiger partial charge < -0.3 is 4.57 Å². The first-order valence-corrected chi connectivity index (χ1v) is 19.0. The lowest BCUT2D eigenvalue weighted by Gasteiger charge is -2.19. The maximum Gasteiger partial charge on any atom is 0.115 e. The molecule has 252 valence electrons. The Morgan fingerprint density at radius 1 is 0.370 bits per heavy atom. The van der Waals surface area contributed by atoms with Gasteiger partial charge in [-0.05, 0) is 91.8 Å². The fraction of sp³-hybridized carbons (Fsp3) is 0. The van der Waals surface area contributed by atoms with Gasteiger partial charge in [-0.15, -0.1) is 11.3 Å². The third-order valence-electron chi connectivity index (χ3n) is 10.8. The van der Waals surface area contributed by atoms with Crippen LogP contribution >= 0.6 is 11.3 Å². The molecule has 11 rings (SSSR count). The Labute approximate surface area is 316 Å². The smallest absolute Gasteiger partial charge is 0.115 e. The van der Waals surface area contributed by atoms with Crippen molar-refractivity contribution < 1.29 is 0 Å². The summed E-state index contributed by atoms with van der Waals surface area (Å²) >= 11 is 1.89. The SMILES string of the molecule is c1ccc(-n2c3ccccc3c3cc(-c4sc5ccccc5c4-c4c5ccccc5c(-c5cccc(-c6cncnc6)c5)c5ccccc45)ccc32)cc1. The molecule has 0 unspecified atom stereocenters. The van der Waals surface area contributed by atoms with Crippen LogP contribution in [0.25, 0.3) is 103 Å². The van der Waals surface area contributed by atoms with Gasteiger partial charge in [0.1, 0.15) is 6.33 Å². The number of hydrogen-bond acceptors (Lipinski definition) is 3. The standard InChI is InChI=1S/C50H31N3S/c1-2-15-36(16-3-1)53-44-23-10-8-17-37(44)43-28-34(25-26-45(43)53)50-49(42-22-9-11-24-46(42)54-50)48-40-20-6-4-18-38(40)47(39-19-5-7-21-41(39)48)33-14-12-13-32(27-33)35-29-51-31-52-30-35/h1-31H. The predicted molar refractivity (Wildman–Crippen MR) is 229 cm³/mol. The van der Waals surface area contributed by atoms with Gasteiger partial charge >= 0.3 is 0 Å². The Morgan fingerprint density at radius 3 is 1.70 bits per heavy atom. The number of fused-ring (bicyclic) bond motifs is 6. The van der Waals surface area contributed by atoms with E-state index < -0.39 is 0 Å². The van der Waals surface area contributed by atoms with Crippen molar-refractivity contribution in [2.45, 2.75) is 0 Å². The van der Waals surface area contributed by atoms with E-state index in [2.05, 4.69) is 184 Å². The summed E-state index contributed by atoms with van der Waals surface area (Å²) in [7, 11) is 0. The molecular formula is C50H31N3S. The minimum atomic E-state index is 1.00. The lowest BCUT2D eigenvalue weighted by atomic mass is 9.84. The second-order valence-electron chi connectivity index (χ2n) is 13.8. The summed E-state index contributed by atoms with van der Waals surface area (Å²) in [5.74, 6) is 0. The summed E-state index contributed by atoms with van der Waals surface area (Å²) in [6.45, 7) is 0. The highest BCUT2D eigenvalue weighted by molar-refractivity contribution is 7.23. The van der Waals surface area contributed by atoms with E-state index in [-0.39, 0.29) is 0 Å². The topological polar surface area (TPSA) is 30.7 Å². The van der Waals surface area contributed by atoms with Crippen molar-refractivity contribution in [1.82, 2.24) is 14.5 Å². The number of aromatic nitrogens is 3. The third-order valence-corrected chi connectivity index (χ3v) is 12.0. The van der Waals surface area contributed by atoms with Crippen LogP contribution in [-0.2, 0) is 0 Å². The number of benzene rings is 8. The molecule has 0 fully saturated rings. The highest BCUT2D eigenvalue weighted by Crippen LogP contribution is 2.52. The van der Waals surface area contributed by atoms with E-state index >= 15 is 0 Å². The number of rotatable bonds is 5. The van der Waals surface area contributed by atoms with Gasteiger partial charge in [0.15, 0.2) is 0 Å². The van der Waals surface area contributed by atoms with Crippen molar-refractivity contribution in [3.05, 3.63) is 189 Å². The maximum absolute atomic E-state index is 4.30. The molecule has 0 aliphatic carbocycles. The Bertz CT molecular complexity index is 3160. The van der Waals surface area contributed by atoms with Crippen LogP contribution in [0.4, 0.5) is 0 Å². The average molecular weight is 706 g/mol. The third kappa shape index (κ3) is 4.74. The normalized spacial score (nSPS) is 11.7. The summed E-state index contributed by atoms with van der Waals surface area (Å²) in [6.07, 6.45) is 5.34. The van der Waals surface area contributed by atoms with Crippen molar-refractivity contribution in [1.29, 1.82) is 0 Å². The summed E-state index contributed by atoms with van der Waals surface area (Å²) < 4.78 is 3.67. The molecule has 3 heterocycles. The first-order valence-electron chi connectivity index (χ1n) is 18.2. The Hall–Kier alpha value is -6.88. The van der Waals surface area contributed by atoms with Gasteiger partial charge in [-0.25, -0.2) is 9.97 Å². The molecule has 11 aromatic rings. The number of nitrogens with zero attached hydrogens (tertiary/aromatic N) is 3. The van der Waals surface area contributed by atoms with E-state index in [1.165, 1.54) is 91.8 Å². The minimum absolute atomic E-state index is 1.00. The molecule has 54 heavy (non-hydrogen) atoms. The van der Waals surface area contributed by atoms with E-state index in [9.17, 15) is 0 Å². The molecule has 0 saturated carbocycles. The second kappa shape index (κ2) is 12.4. The van der Waals surface area contributed by atoms with Crippen LogP contribution in [0.5, 0.6) is 0 Å². The number of para-hydroxylation sites is 2. The fourth-order valence-corrected chi connectivity index (χ4v) is 9.68. The second-order valence-corrected chi connectivity index (χ2v) is 14.8. The highest BCUT2D eigenvalue weighted by atomic mass is 32.1. The van der Waals surface area contributed by atoms with E-state index in [1.807, 2.05) is 23.7 Å². The zero-order valence-electron chi connectivity index (χ0n) is 29.1. The van der Waals surface area contributed by atoms with Crippen molar-refractivity contribution in [3.8, 4) is 49.5 Å². The summed E-state index contributed by atoms with van der Waals surface area (Å²) in [5.41, 5.74) is 11.9. The summed E-state index contributed by atoms with van der Waals surface area (Å²) in [6, 6.07) is 62.1. The van der Waals surface area contributed by atoms with E-state index in [0.29, 0.717) is 0 Å². The Morgan fingerprint density at radius 2 is 0.963 bits per heavy atom. The van der Waals surface area contributed by atoms with Crippen LogP contribution in [0.3, 0.4) is 0 Å². The molecule has 0 spiro atoms. The molecule has 0 radical (unpaired) electrons. The summed E-state index contributed by atoms with van der Waals surface area (Å²) in [4.78, 5) is 9.87. The quantitative estimate of drug-likeness (QED) is 0.167. The van der Waals surface area contributed by atoms with Crippen molar-refractivity contribution in [3.63, 3.8) is 0 Å². The Balaban J connectivity index is 1.20. The lowest BCUT2D eigenvalue weighted by molar-refractivity contribution is 1.17. The molecule has 3 nitrogen and oxygen atoms in total. The first kappa shape index (κ1) is 30.7. The molecule has 0 aliphatic heterocycles. The van der Waals surface area contributed by atoms with E-state index in [1.54, 1.807) is 6.33 Å². The zero-order chi connectivity index (χ0) is 35.6. The molecule has 3 aromatic heterocycles. The van der Waals surface area contributed by atoms with Gasteiger partial charge in [-0.2, -0.15) is 0 Å². The number of thiophene rings is 1. The maximum atomic E-state index is 4.30. The van der Waals surface area contributed by atoms with Crippen molar-refractivity contribution in [2.24, 2.45) is 0 Å². The predicted octanol–water partition coefficient (Wildman–Crippen LogP) is 13.8. The van der Waals surface area contributed by atoms with Crippen molar-refractivity contribution >= 4 is 64.8 Å². The van der Waals surface area contributed by atoms with Gasteiger partial charge in [-0.3, -0.25) is 0 Å². The van der Waals surface area contributed by atoms with E-state index in [4.69, 9.17) is 0 Å². The monoisotopic (exact) mass is 705 g/mol. The van der Waals surface area contributed by atoms with Gasteiger partial charge in [-0.1, -0.05) is 127 Å². The van der Waals surface area contributed by atoms with Gasteiger partial charge in [0.05, 0.1) is 11.0 Å². The van der Waals surface area contributed by atoms with Crippen LogP contribution in [0, 0.1) is 0 Å². The summed E-state index contributed by atoms with van der Waals surface area (Å²) in [5, 5.41) is 8.73. The van der Waals surface area contributed by atoms with Crippen LogP contribution in [-0.4, -0.2) is 14.5 Å². The molecule has 4 heteroatoms. The molecule has 0 N–H and O–H groups in total. The average Bonchev–Trinajstić information content (AvgIpc) is 3.79. The fourth-order valence-electron chi connectivity index (χ4n) is 8.48. The lowest BCUT2D eigenvalue weighted by Crippen LogP contribution is -1.93. The molecule has 0 bridgehead atoms. The van der Waals surface area contributed by atoms with Gasteiger partial charge in [0, 0.05) is 54.9 Å². The minimum Gasteiger partial charge on any atom is -0.309 e. The molecule has 0 saturated heterocycles.